The molecule has 0 aliphatic carbocycles. The highest BCUT2D eigenvalue weighted by molar-refractivity contribution is 6.30. The van der Waals surface area contributed by atoms with E-state index in [0.29, 0.717) is 5.15 Å². The predicted molar refractivity (Wildman–Crippen MR) is 67.4 cm³/mol. The first kappa shape index (κ1) is 11.2. The number of benzene rings is 1. The summed E-state index contributed by atoms with van der Waals surface area (Å²) in [7, 11) is 1.67. The fraction of sp³-hybridized carbons (Fsp3) is 0.308. The van der Waals surface area contributed by atoms with Gasteiger partial charge in [0.15, 0.2) is 0 Å². The number of pyridine rings is 1. The molecule has 1 heterocycles. The summed E-state index contributed by atoms with van der Waals surface area (Å²) in [6, 6.07) is 6.04. The Morgan fingerprint density at radius 2 is 2.06 bits per heavy atom. The van der Waals surface area contributed by atoms with Crippen LogP contribution in [-0.2, 0) is 6.42 Å². The number of halogens is 1. The number of methoxy groups -OCH3 is 1. The number of hydrogen-bond donors (Lipinski definition) is 0. The SMILES string of the molecule is CCc1cc2cc(OC)cc(C)c2nc1Cl. The summed E-state index contributed by atoms with van der Waals surface area (Å²) in [5, 5.41) is 1.68. The second kappa shape index (κ2) is 4.30. The zero-order valence-corrected chi connectivity index (χ0v) is 10.4. The van der Waals surface area contributed by atoms with Gasteiger partial charge in [-0.3, -0.25) is 0 Å². The Labute approximate surface area is 100 Å². The maximum atomic E-state index is 6.11. The topological polar surface area (TPSA) is 22.1 Å². The van der Waals surface area contributed by atoms with E-state index in [2.05, 4.69) is 18.0 Å². The zero-order chi connectivity index (χ0) is 11.7. The molecular weight excluding hydrogens is 222 g/mol. The van der Waals surface area contributed by atoms with Crippen LogP contribution in [0.2, 0.25) is 5.15 Å². The Morgan fingerprint density at radius 3 is 2.69 bits per heavy atom. The molecular formula is C13H14ClNO. The molecule has 0 fully saturated rings. The first-order valence-electron chi connectivity index (χ1n) is 5.29. The third-order valence-electron chi connectivity index (χ3n) is 2.72. The Kier molecular flexibility index (Phi) is 3.01. The summed E-state index contributed by atoms with van der Waals surface area (Å²) < 4.78 is 5.25. The Morgan fingerprint density at radius 1 is 1.31 bits per heavy atom. The lowest BCUT2D eigenvalue weighted by Gasteiger charge is -2.08. The molecule has 84 valence electrons. The molecule has 0 aliphatic rings. The Balaban J connectivity index is 2.75. The molecule has 0 bridgehead atoms. The smallest absolute Gasteiger partial charge is 0.132 e. The van der Waals surface area contributed by atoms with Crippen molar-refractivity contribution in [2.24, 2.45) is 0 Å². The van der Waals surface area contributed by atoms with Crippen LogP contribution >= 0.6 is 11.6 Å². The van der Waals surface area contributed by atoms with Crippen LogP contribution in [0.25, 0.3) is 10.9 Å². The molecule has 0 atom stereocenters. The number of ether oxygens (including phenoxy) is 1. The lowest BCUT2D eigenvalue weighted by atomic mass is 10.1. The number of nitrogens with zero attached hydrogens (tertiary/aromatic N) is 1. The molecule has 3 heteroatoms. The van der Waals surface area contributed by atoms with Crippen LogP contribution in [0.3, 0.4) is 0 Å². The standard InChI is InChI=1S/C13H14ClNO/c1-4-9-6-10-7-11(16-3)5-8(2)12(10)15-13(9)14/h5-7H,4H2,1-3H3. The molecule has 16 heavy (non-hydrogen) atoms. The maximum absolute atomic E-state index is 6.11. The highest BCUT2D eigenvalue weighted by atomic mass is 35.5. The quantitative estimate of drug-likeness (QED) is 0.740. The number of fused-ring (bicyclic) bond motifs is 1. The van der Waals surface area contributed by atoms with E-state index in [1.54, 1.807) is 7.11 Å². The molecule has 0 saturated carbocycles. The minimum Gasteiger partial charge on any atom is -0.497 e. The van der Waals surface area contributed by atoms with Crippen molar-refractivity contribution in [3.05, 3.63) is 34.5 Å². The summed E-state index contributed by atoms with van der Waals surface area (Å²) in [6.45, 7) is 4.08. The van der Waals surface area contributed by atoms with Crippen molar-refractivity contribution in [1.29, 1.82) is 0 Å². The number of aryl methyl sites for hydroxylation is 2. The van der Waals surface area contributed by atoms with Crippen molar-refractivity contribution in [3.8, 4) is 5.75 Å². The van der Waals surface area contributed by atoms with Crippen LogP contribution in [-0.4, -0.2) is 12.1 Å². The molecule has 2 aromatic rings. The predicted octanol–water partition coefficient (Wildman–Crippen LogP) is 3.77. The normalized spacial score (nSPS) is 10.8. The van der Waals surface area contributed by atoms with Crippen LogP contribution in [0.1, 0.15) is 18.1 Å². The van der Waals surface area contributed by atoms with E-state index >= 15 is 0 Å². The minimum absolute atomic E-state index is 0.600. The van der Waals surface area contributed by atoms with Gasteiger partial charge in [0, 0.05) is 5.39 Å². The third-order valence-corrected chi connectivity index (χ3v) is 3.05. The molecule has 1 aromatic carbocycles. The average molecular weight is 236 g/mol. The summed E-state index contributed by atoms with van der Waals surface area (Å²) in [6.07, 6.45) is 0.887. The van der Waals surface area contributed by atoms with Gasteiger partial charge in [-0.05, 0) is 42.7 Å². The molecule has 1 aromatic heterocycles. The van der Waals surface area contributed by atoms with Crippen molar-refractivity contribution < 1.29 is 4.74 Å². The molecule has 0 amide bonds. The monoisotopic (exact) mass is 235 g/mol. The fourth-order valence-corrected chi connectivity index (χ4v) is 2.09. The Hall–Kier alpha value is -1.28. The number of hydrogen-bond acceptors (Lipinski definition) is 2. The second-order valence-corrected chi connectivity index (χ2v) is 4.17. The second-order valence-electron chi connectivity index (χ2n) is 3.81. The summed E-state index contributed by atoms with van der Waals surface area (Å²) >= 11 is 6.11. The van der Waals surface area contributed by atoms with E-state index in [-0.39, 0.29) is 0 Å². The van der Waals surface area contributed by atoms with Crippen LogP contribution in [0.5, 0.6) is 5.75 Å². The molecule has 2 nitrogen and oxygen atoms in total. The van der Waals surface area contributed by atoms with Gasteiger partial charge in [0.1, 0.15) is 10.9 Å². The molecule has 0 N–H and O–H groups in total. The van der Waals surface area contributed by atoms with Gasteiger partial charge in [-0.1, -0.05) is 18.5 Å². The first-order valence-corrected chi connectivity index (χ1v) is 5.67. The summed E-state index contributed by atoms with van der Waals surface area (Å²) in [4.78, 5) is 4.43. The maximum Gasteiger partial charge on any atom is 0.132 e. The van der Waals surface area contributed by atoms with Gasteiger partial charge in [0.05, 0.1) is 12.6 Å². The van der Waals surface area contributed by atoms with Gasteiger partial charge >= 0.3 is 0 Å². The van der Waals surface area contributed by atoms with Crippen molar-refractivity contribution >= 4 is 22.5 Å². The van der Waals surface area contributed by atoms with E-state index < -0.39 is 0 Å². The molecule has 2 rings (SSSR count). The average Bonchev–Trinajstić information content (AvgIpc) is 2.29. The molecule has 0 unspecified atom stereocenters. The van der Waals surface area contributed by atoms with E-state index in [0.717, 1.165) is 34.2 Å². The van der Waals surface area contributed by atoms with Crippen LogP contribution in [0.15, 0.2) is 18.2 Å². The van der Waals surface area contributed by atoms with E-state index in [9.17, 15) is 0 Å². The van der Waals surface area contributed by atoms with Crippen molar-refractivity contribution in [2.45, 2.75) is 20.3 Å². The number of aromatic nitrogens is 1. The van der Waals surface area contributed by atoms with Gasteiger partial charge in [-0.15, -0.1) is 0 Å². The van der Waals surface area contributed by atoms with Crippen LogP contribution < -0.4 is 4.74 Å². The van der Waals surface area contributed by atoms with E-state index in [1.807, 2.05) is 19.1 Å². The summed E-state index contributed by atoms with van der Waals surface area (Å²) in [5.74, 6) is 0.858. The zero-order valence-electron chi connectivity index (χ0n) is 9.67. The molecule has 0 radical (unpaired) electrons. The van der Waals surface area contributed by atoms with Crippen LogP contribution in [0.4, 0.5) is 0 Å². The van der Waals surface area contributed by atoms with Gasteiger partial charge in [-0.2, -0.15) is 0 Å². The first-order chi connectivity index (χ1) is 7.65. The highest BCUT2D eigenvalue weighted by Crippen LogP contribution is 2.27. The van der Waals surface area contributed by atoms with E-state index in [4.69, 9.17) is 16.3 Å². The van der Waals surface area contributed by atoms with Gasteiger partial charge < -0.3 is 4.74 Å². The highest BCUT2D eigenvalue weighted by Gasteiger charge is 2.07. The molecule has 0 spiro atoms. The van der Waals surface area contributed by atoms with Gasteiger partial charge in [0.25, 0.3) is 0 Å². The Bertz CT molecular complexity index is 537. The van der Waals surface area contributed by atoms with Gasteiger partial charge in [0.2, 0.25) is 0 Å². The minimum atomic E-state index is 0.600. The van der Waals surface area contributed by atoms with Crippen molar-refractivity contribution in [2.75, 3.05) is 7.11 Å². The van der Waals surface area contributed by atoms with Crippen LogP contribution in [0, 0.1) is 6.92 Å². The number of rotatable bonds is 2. The summed E-state index contributed by atoms with van der Waals surface area (Å²) in [5.41, 5.74) is 3.10. The van der Waals surface area contributed by atoms with Gasteiger partial charge in [-0.25, -0.2) is 4.98 Å². The lowest BCUT2D eigenvalue weighted by Crippen LogP contribution is -1.92. The van der Waals surface area contributed by atoms with Crippen molar-refractivity contribution in [3.63, 3.8) is 0 Å². The van der Waals surface area contributed by atoms with Crippen molar-refractivity contribution in [1.82, 2.24) is 4.98 Å². The fourth-order valence-electron chi connectivity index (χ4n) is 1.82. The molecule has 0 saturated heterocycles. The third kappa shape index (κ3) is 1.85. The van der Waals surface area contributed by atoms with E-state index in [1.165, 1.54) is 0 Å². The molecule has 0 aliphatic heterocycles. The largest absolute Gasteiger partial charge is 0.497 e. The lowest BCUT2D eigenvalue weighted by molar-refractivity contribution is 0.415.